The zero-order chi connectivity index (χ0) is 20.1. The first-order chi connectivity index (χ1) is 13.2. The average molecular weight is 385 g/mol. The number of rotatable bonds is 3. The van der Waals surface area contributed by atoms with Crippen molar-refractivity contribution in [2.24, 2.45) is 5.41 Å². The van der Waals surface area contributed by atoms with E-state index in [1.165, 1.54) is 0 Å². The molecule has 0 radical (unpaired) electrons. The van der Waals surface area contributed by atoms with Gasteiger partial charge in [-0.1, -0.05) is 13.8 Å². The number of carbonyl (C=O) groups excluding carboxylic acids is 1. The quantitative estimate of drug-likeness (QED) is 0.594. The van der Waals surface area contributed by atoms with Crippen LogP contribution < -0.4 is 5.32 Å². The van der Waals surface area contributed by atoms with Gasteiger partial charge in [-0.2, -0.15) is 0 Å². The zero-order valence-electron chi connectivity index (χ0n) is 15.4. The number of nitrogens with zero attached hydrogens (tertiary/aromatic N) is 1. The Morgan fingerprint density at radius 1 is 1.07 bits per heavy atom. The summed E-state index contributed by atoms with van der Waals surface area (Å²) in [6, 6.07) is 5.27. The largest absolute Gasteiger partial charge is 0.356 e. The fourth-order valence-corrected chi connectivity index (χ4v) is 3.69. The van der Waals surface area contributed by atoms with E-state index in [-0.39, 0.29) is 16.9 Å². The number of carbonyl (C=O) groups is 1. The summed E-state index contributed by atoms with van der Waals surface area (Å²) < 4.78 is 40.7. The molecular formula is C21H18F3N3O. The zero-order valence-corrected chi connectivity index (χ0v) is 15.4. The van der Waals surface area contributed by atoms with E-state index in [0.717, 1.165) is 23.4 Å². The second-order valence-electron chi connectivity index (χ2n) is 7.78. The van der Waals surface area contributed by atoms with Crippen LogP contribution in [0.15, 0.2) is 36.7 Å². The lowest BCUT2D eigenvalue weighted by Gasteiger charge is -2.28. The number of nitrogens with one attached hydrogen (secondary N) is 2. The lowest BCUT2D eigenvalue weighted by molar-refractivity contribution is 0.0912. The molecule has 4 nitrogen and oxygen atoms in total. The van der Waals surface area contributed by atoms with Crippen LogP contribution in [0.3, 0.4) is 0 Å². The van der Waals surface area contributed by atoms with Gasteiger partial charge in [-0.25, -0.2) is 13.2 Å². The molecule has 0 unspecified atom stereocenters. The summed E-state index contributed by atoms with van der Waals surface area (Å²) in [5.41, 5.74) is 2.85. The third-order valence-corrected chi connectivity index (χ3v) is 4.87. The molecule has 0 spiro atoms. The van der Waals surface area contributed by atoms with Crippen LogP contribution >= 0.6 is 0 Å². The molecule has 144 valence electrons. The lowest BCUT2D eigenvalue weighted by Crippen LogP contribution is -2.26. The molecule has 1 aromatic carbocycles. The number of halogens is 3. The van der Waals surface area contributed by atoms with Crippen LogP contribution in [0.4, 0.5) is 24.5 Å². The van der Waals surface area contributed by atoms with Crippen LogP contribution in [0.25, 0.3) is 11.3 Å². The Hall–Kier alpha value is -3.09. The van der Waals surface area contributed by atoms with Gasteiger partial charge in [0.25, 0.3) is 0 Å². The van der Waals surface area contributed by atoms with Crippen molar-refractivity contribution in [1.82, 2.24) is 9.97 Å². The number of hydrogen-bond donors (Lipinski definition) is 2. The Morgan fingerprint density at radius 3 is 2.36 bits per heavy atom. The van der Waals surface area contributed by atoms with E-state index in [1.807, 2.05) is 13.8 Å². The molecule has 7 heteroatoms. The average Bonchev–Trinajstić information content (AvgIpc) is 2.97. The van der Waals surface area contributed by atoms with Gasteiger partial charge >= 0.3 is 0 Å². The Morgan fingerprint density at radius 2 is 1.71 bits per heavy atom. The smallest absolute Gasteiger partial charge is 0.194 e. The van der Waals surface area contributed by atoms with E-state index in [4.69, 9.17) is 0 Å². The number of ketones is 1. The number of aromatic nitrogens is 2. The van der Waals surface area contributed by atoms with Crippen molar-refractivity contribution >= 4 is 17.2 Å². The number of H-pyrrole nitrogens is 1. The SMILES string of the molecule is CC1(C)CC(=O)c2c([nH]c(-c3ccncc3)c2Nc2cc(F)c(F)c(F)c2)C1. The van der Waals surface area contributed by atoms with E-state index < -0.39 is 17.5 Å². The molecule has 0 aliphatic heterocycles. The molecule has 0 fully saturated rings. The number of aromatic amines is 1. The van der Waals surface area contributed by atoms with Crippen molar-refractivity contribution in [2.45, 2.75) is 26.7 Å². The van der Waals surface area contributed by atoms with Crippen LogP contribution in [-0.4, -0.2) is 15.8 Å². The molecule has 1 aliphatic rings. The summed E-state index contributed by atoms with van der Waals surface area (Å²) in [4.78, 5) is 20.2. The van der Waals surface area contributed by atoms with Crippen molar-refractivity contribution in [3.05, 3.63) is 65.4 Å². The van der Waals surface area contributed by atoms with Gasteiger partial charge in [-0.05, 0) is 24.0 Å². The highest BCUT2D eigenvalue weighted by atomic mass is 19.2. The van der Waals surface area contributed by atoms with Gasteiger partial charge in [0.05, 0.1) is 16.9 Å². The number of hydrogen-bond acceptors (Lipinski definition) is 3. The number of anilines is 2. The van der Waals surface area contributed by atoms with Gasteiger partial charge in [0.2, 0.25) is 0 Å². The van der Waals surface area contributed by atoms with Gasteiger partial charge in [0.15, 0.2) is 23.2 Å². The molecule has 0 saturated carbocycles. The van der Waals surface area contributed by atoms with Gasteiger partial charge in [0, 0.05) is 47.9 Å². The number of Topliss-reactive ketones (excluding diaryl/α,β-unsaturated/α-hetero) is 1. The van der Waals surface area contributed by atoms with Crippen LogP contribution in [0, 0.1) is 22.9 Å². The Bertz CT molecular complexity index is 1050. The minimum absolute atomic E-state index is 0.0196. The van der Waals surface area contributed by atoms with E-state index in [2.05, 4.69) is 15.3 Å². The van der Waals surface area contributed by atoms with Crippen LogP contribution in [0.2, 0.25) is 0 Å². The van der Waals surface area contributed by atoms with Crippen molar-refractivity contribution in [1.29, 1.82) is 0 Å². The van der Waals surface area contributed by atoms with Crippen LogP contribution in [0.5, 0.6) is 0 Å². The molecule has 0 saturated heterocycles. The Labute approximate surface area is 159 Å². The summed E-state index contributed by atoms with van der Waals surface area (Å²) in [6.45, 7) is 4.03. The lowest BCUT2D eigenvalue weighted by atomic mass is 9.76. The summed E-state index contributed by atoms with van der Waals surface area (Å²) in [5.74, 6) is -4.20. The van der Waals surface area contributed by atoms with Crippen molar-refractivity contribution < 1.29 is 18.0 Å². The third-order valence-electron chi connectivity index (χ3n) is 4.87. The summed E-state index contributed by atoms with van der Waals surface area (Å²) >= 11 is 0. The molecule has 28 heavy (non-hydrogen) atoms. The molecule has 1 aliphatic carbocycles. The number of fused-ring (bicyclic) bond motifs is 1. The molecule has 0 amide bonds. The normalized spacial score (nSPS) is 15.4. The highest BCUT2D eigenvalue weighted by Gasteiger charge is 2.35. The maximum Gasteiger partial charge on any atom is 0.194 e. The maximum atomic E-state index is 13.7. The third kappa shape index (κ3) is 3.17. The topological polar surface area (TPSA) is 57.8 Å². The summed E-state index contributed by atoms with van der Waals surface area (Å²) in [7, 11) is 0. The van der Waals surface area contributed by atoms with Crippen LogP contribution in [-0.2, 0) is 6.42 Å². The minimum atomic E-state index is -1.53. The van der Waals surface area contributed by atoms with E-state index in [9.17, 15) is 18.0 Å². The molecule has 0 atom stereocenters. The molecule has 2 heterocycles. The predicted octanol–water partition coefficient (Wildman–Crippen LogP) is 5.39. The second kappa shape index (κ2) is 6.51. The van der Waals surface area contributed by atoms with E-state index >= 15 is 0 Å². The van der Waals surface area contributed by atoms with Crippen molar-refractivity contribution in [2.75, 3.05) is 5.32 Å². The van der Waals surface area contributed by atoms with E-state index in [0.29, 0.717) is 29.8 Å². The highest BCUT2D eigenvalue weighted by Crippen LogP contribution is 2.43. The molecule has 2 N–H and O–H groups in total. The van der Waals surface area contributed by atoms with Crippen molar-refractivity contribution in [3.8, 4) is 11.3 Å². The highest BCUT2D eigenvalue weighted by molar-refractivity contribution is 6.07. The summed E-state index contributed by atoms with van der Waals surface area (Å²) in [6.07, 6.45) is 4.23. The number of pyridine rings is 1. The molecule has 0 bridgehead atoms. The molecule has 3 aromatic rings. The molecule has 2 aromatic heterocycles. The first kappa shape index (κ1) is 18.3. The first-order valence-electron chi connectivity index (χ1n) is 8.85. The molecule has 4 rings (SSSR count). The standard InChI is InChI=1S/C21H18F3N3O/c1-21(2)9-15-17(16(28)10-21)20(19(27-15)11-3-5-25-6-4-11)26-12-7-13(22)18(24)14(23)8-12/h3-8,26-27H,9-10H2,1-2H3. The fourth-order valence-electron chi connectivity index (χ4n) is 3.69. The minimum Gasteiger partial charge on any atom is -0.356 e. The fraction of sp³-hybridized carbons (Fsp3) is 0.238. The van der Waals surface area contributed by atoms with Gasteiger partial charge in [0.1, 0.15) is 0 Å². The van der Waals surface area contributed by atoms with E-state index in [1.54, 1.807) is 24.5 Å². The Kier molecular flexibility index (Phi) is 4.25. The summed E-state index contributed by atoms with van der Waals surface area (Å²) in [5, 5.41) is 2.93. The second-order valence-corrected chi connectivity index (χ2v) is 7.78. The molecular weight excluding hydrogens is 367 g/mol. The predicted molar refractivity (Wildman–Crippen MR) is 100 cm³/mol. The van der Waals surface area contributed by atoms with Crippen LogP contribution in [0.1, 0.15) is 36.3 Å². The van der Waals surface area contributed by atoms with Gasteiger partial charge in [-0.15, -0.1) is 0 Å². The first-order valence-corrected chi connectivity index (χ1v) is 8.85. The monoisotopic (exact) mass is 385 g/mol. The Balaban J connectivity index is 1.88. The maximum absolute atomic E-state index is 13.7. The van der Waals surface area contributed by atoms with Crippen molar-refractivity contribution in [3.63, 3.8) is 0 Å². The van der Waals surface area contributed by atoms with Gasteiger partial charge < -0.3 is 10.3 Å². The number of benzene rings is 1. The van der Waals surface area contributed by atoms with Gasteiger partial charge in [-0.3, -0.25) is 9.78 Å².